The van der Waals surface area contributed by atoms with Crippen LogP contribution in [0, 0.1) is 0 Å². The van der Waals surface area contributed by atoms with Gasteiger partial charge >= 0.3 is 0 Å². The fourth-order valence-electron chi connectivity index (χ4n) is 10.3. The molecule has 9 aromatic carbocycles. The zero-order valence-electron chi connectivity index (χ0n) is 33.0. The molecule has 2 nitrogen and oxygen atoms in total. The molecule has 13 rings (SSSR count). The van der Waals surface area contributed by atoms with E-state index in [-0.39, 0.29) is 0 Å². The van der Waals surface area contributed by atoms with Crippen molar-refractivity contribution in [2.24, 2.45) is 0 Å². The fourth-order valence-corrected chi connectivity index (χ4v) is 12.9. The van der Waals surface area contributed by atoms with Crippen LogP contribution >= 0.6 is 22.7 Å². The standard InChI is InChI=1S/C57H36N2S2/c1-4-16-37(17-5-1)58(38-18-6-2-7-19-38)41-29-32-46-51(36-41)57(56-55(46)47-24-12-15-27-53(47)61-56)49-25-13-10-22-43(49)44-31-28-42(35-50(44)57)59(39-20-8-3-9-21-39)40-30-33-54-48(34-40)45-23-11-14-26-52(45)60-54/h1-36H. The molecule has 286 valence electrons. The summed E-state index contributed by atoms with van der Waals surface area (Å²) < 4.78 is 3.94. The van der Waals surface area contributed by atoms with Gasteiger partial charge in [0.05, 0.1) is 5.41 Å². The molecule has 0 aliphatic heterocycles. The smallest absolute Gasteiger partial charge is 0.0820 e. The number of thiophene rings is 2. The number of nitrogens with zero attached hydrogens (tertiary/aromatic N) is 2. The average molecular weight is 813 g/mol. The minimum Gasteiger partial charge on any atom is -0.310 e. The lowest BCUT2D eigenvalue weighted by Crippen LogP contribution is -2.25. The van der Waals surface area contributed by atoms with Crippen molar-refractivity contribution in [2.45, 2.75) is 5.41 Å². The summed E-state index contributed by atoms with van der Waals surface area (Å²) in [5.41, 5.74) is 15.5. The van der Waals surface area contributed by atoms with Gasteiger partial charge in [0.1, 0.15) is 0 Å². The Bertz CT molecular complexity index is 3460. The zero-order valence-corrected chi connectivity index (χ0v) is 34.6. The average Bonchev–Trinajstić information content (AvgIpc) is 4.05. The maximum Gasteiger partial charge on any atom is 0.0820 e. The first-order valence-electron chi connectivity index (χ1n) is 20.8. The van der Waals surface area contributed by atoms with E-state index < -0.39 is 5.41 Å². The minimum atomic E-state index is -0.540. The molecule has 0 amide bonds. The molecule has 0 bridgehead atoms. The second kappa shape index (κ2) is 13.4. The molecular weight excluding hydrogens is 777 g/mol. The highest BCUT2D eigenvalue weighted by molar-refractivity contribution is 7.25. The molecule has 1 atom stereocenters. The van der Waals surface area contributed by atoms with Crippen molar-refractivity contribution in [3.05, 3.63) is 240 Å². The predicted octanol–water partition coefficient (Wildman–Crippen LogP) is 16.6. The van der Waals surface area contributed by atoms with Crippen LogP contribution in [0.1, 0.15) is 21.6 Å². The SMILES string of the molecule is c1ccc(N(c2ccccc2)c2ccc3c(c2)C2(c4ccccc4-c4ccc(N(c5ccccc5)c5ccc6sc7ccccc7c6c5)cc42)c2sc4ccccc4c2-3)cc1. The summed E-state index contributed by atoms with van der Waals surface area (Å²) >= 11 is 3.82. The Balaban J connectivity index is 1.10. The Hall–Kier alpha value is -7.24. The van der Waals surface area contributed by atoms with Crippen LogP contribution in [-0.4, -0.2) is 0 Å². The second-order valence-electron chi connectivity index (χ2n) is 16.0. The van der Waals surface area contributed by atoms with Gasteiger partial charge in [-0.2, -0.15) is 0 Å². The van der Waals surface area contributed by atoms with Gasteiger partial charge in [-0.25, -0.2) is 0 Å². The molecule has 0 saturated heterocycles. The van der Waals surface area contributed by atoms with Crippen LogP contribution in [0.4, 0.5) is 34.1 Å². The van der Waals surface area contributed by atoms with Gasteiger partial charge in [-0.3, -0.25) is 0 Å². The van der Waals surface area contributed by atoms with Crippen LogP contribution in [0.3, 0.4) is 0 Å². The summed E-state index contributed by atoms with van der Waals surface area (Å²) in [4.78, 5) is 6.25. The molecule has 2 aliphatic rings. The number of hydrogen-bond acceptors (Lipinski definition) is 4. The van der Waals surface area contributed by atoms with Crippen molar-refractivity contribution in [3.8, 4) is 22.3 Å². The van der Waals surface area contributed by atoms with E-state index in [9.17, 15) is 0 Å². The summed E-state index contributed by atoms with van der Waals surface area (Å²) in [5, 5.41) is 3.91. The van der Waals surface area contributed by atoms with Crippen LogP contribution in [0.25, 0.3) is 52.5 Å². The third-order valence-corrected chi connectivity index (χ3v) is 15.3. The highest BCUT2D eigenvalue weighted by Crippen LogP contribution is 2.67. The fraction of sp³-hybridized carbons (Fsp3) is 0.0175. The van der Waals surface area contributed by atoms with Crippen molar-refractivity contribution < 1.29 is 0 Å². The largest absolute Gasteiger partial charge is 0.310 e. The van der Waals surface area contributed by atoms with Crippen LogP contribution in [0.2, 0.25) is 0 Å². The Morgan fingerprint density at radius 3 is 1.43 bits per heavy atom. The van der Waals surface area contributed by atoms with Gasteiger partial charge in [-0.1, -0.05) is 127 Å². The maximum absolute atomic E-state index is 2.51. The van der Waals surface area contributed by atoms with Crippen molar-refractivity contribution in [3.63, 3.8) is 0 Å². The Morgan fingerprint density at radius 2 is 0.754 bits per heavy atom. The number of hydrogen-bond donors (Lipinski definition) is 0. The molecular formula is C57H36N2S2. The van der Waals surface area contributed by atoms with Crippen LogP contribution in [0.15, 0.2) is 218 Å². The van der Waals surface area contributed by atoms with E-state index in [1.807, 2.05) is 22.7 Å². The topological polar surface area (TPSA) is 6.48 Å². The Morgan fingerprint density at radius 1 is 0.295 bits per heavy atom. The lowest BCUT2D eigenvalue weighted by molar-refractivity contribution is 0.811. The number of rotatable bonds is 6. The molecule has 0 N–H and O–H groups in total. The summed E-state index contributed by atoms with van der Waals surface area (Å²) in [7, 11) is 0. The second-order valence-corrected chi connectivity index (χ2v) is 18.1. The van der Waals surface area contributed by atoms with E-state index >= 15 is 0 Å². The third-order valence-electron chi connectivity index (χ3n) is 12.8. The molecule has 1 spiro atoms. The normalized spacial score (nSPS) is 14.6. The van der Waals surface area contributed by atoms with E-state index in [0.29, 0.717) is 0 Å². The molecule has 0 radical (unpaired) electrons. The number of anilines is 6. The first-order chi connectivity index (χ1) is 30.3. The van der Waals surface area contributed by atoms with Gasteiger partial charge in [0.25, 0.3) is 0 Å². The lowest BCUT2D eigenvalue weighted by atomic mass is 9.73. The molecule has 1 unspecified atom stereocenters. The molecule has 2 aliphatic carbocycles. The highest BCUT2D eigenvalue weighted by Gasteiger charge is 2.54. The van der Waals surface area contributed by atoms with Crippen molar-refractivity contribution in [1.82, 2.24) is 0 Å². The molecule has 2 aromatic heterocycles. The maximum atomic E-state index is 2.51. The lowest BCUT2D eigenvalue weighted by Gasteiger charge is -2.32. The van der Waals surface area contributed by atoms with E-state index in [4.69, 9.17) is 0 Å². The summed E-state index contributed by atoms with van der Waals surface area (Å²) in [6, 6.07) is 80.8. The molecule has 11 aromatic rings. The van der Waals surface area contributed by atoms with Crippen molar-refractivity contribution in [2.75, 3.05) is 9.80 Å². The van der Waals surface area contributed by atoms with E-state index in [0.717, 1.165) is 34.1 Å². The highest BCUT2D eigenvalue weighted by atomic mass is 32.1. The first kappa shape index (κ1) is 34.6. The van der Waals surface area contributed by atoms with Gasteiger partial charge in [0.15, 0.2) is 0 Å². The van der Waals surface area contributed by atoms with Gasteiger partial charge in [-0.05, 0) is 124 Å². The number of fused-ring (bicyclic) bond motifs is 15. The zero-order chi connectivity index (χ0) is 40.1. The van der Waals surface area contributed by atoms with Crippen molar-refractivity contribution in [1.29, 1.82) is 0 Å². The third kappa shape index (κ3) is 5.01. The van der Waals surface area contributed by atoms with Gasteiger partial charge in [0, 0.05) is 74.8 Å². The molecule has 4 heteroatoms. The van der Waals surface area contributed by atoms with Gasteiger partial charge in [0.2, 0.25) is 0 Å². The molecule has 0 fully saturated rings. The molecule has 0 saturated carbocycles. The molecule has 61 heavy (non-hydrogen) atoms. The summed E-state index contributed by atoms with van der Waals surface area (Å²) in [5.74, 6) is 0. The number of para-hydroxylation sites is 3. The van der Waals surface area contributed by atoms with Crippen LogP contribution in [-0.2, 0) is 5.41 Å². The monoisotopic (exact) mass is 812 g/mol. The van der Waals surface area contributed by atoms with Gasteiger partial charge in [-0.15, -0.1) is 22.7 Å². The first-order valence-corrected chi connectivity index (χ1v) is 22.5. The van der Waals surface area contributed by atoms with Gasteiger partial charge < -0.3 is 9.80 Å². The Labute approximate surface area is 362 Å². The predicted molar refractivity (Wildman–Crippen MR) is 260 cm³/mol. The van der Waals surface area contributed by atoms with Crippen molar-refractivity contribution >= 4 is 87.1 Å². The Kier molecular flexibility index (Phi) is 7.59. The van der Waals surface area contributed by atoms with Crippen LogP contribution < -0.4 is 9.80 Å². The number of benzene rings is 9. The quantitative estimate of drug-likeness (QED) is 0.165. The summed E-state index contributed by atoms with van der Waals surface area (Å²) in [6.07, 6.45) is 0. The van der Waals surface area contributed by atoms with E-state index in [2.05, 4.69) is 228 Å². The van der Waals surface area contributed by atoms with Crippen LogP contribution in [0.5, 0.6) is 0 Å². The minimum absolute atomic E-state index is 0.540. The summed E-state index contributed by atoms with van der Waals surface area (Å²) in [6.45, 7) is 0. The van der Waals surface area contributed by atoms with E-state index in [1.165, 1.54) is 74.1 Å². The van der Waals surface area contributed by atoms with E-state index in [1.54, 1.807) is 0 Å². The molecule has 2 heterocycles.